The molecule has 14 heavy (non-hydrogen) atoms. The van der Waals surface area contributed by atoms with Crippen LogP contribution < -0.4 is 16.0 Å². The van der Waals surface area contributed by atoms with Crippen LogP contribution in [0.2, 0.25) is 0 Å². The van der Waals surface area contributed by atoms with Crippen molar-refractivity contribution in [3.63, 3.8) is 0 Å². The second-order valence-corrected chi connectivity index (χ2v) is 3.07. The zero-order valence-electron chi connectivity index (χ0n) is 9.02. The third kappa shape index (κ3) is 5.53. The molecule has 0 fully saturated rings. The number of carbonyl (C=O) groups is 2. The van der Waals surface area contributed by atoms with Crippen LogP contribution in [0.15, 0.2) is 0 Å². The molecule has 0 saturated heterocycles. The maximum atomic E-state index is 11.0. The summed E-state index contributed by atoms with van der Waals surface area (Å²) in [6.45, 7) is 2.46. The molecule has 1 atom stereocenters. The quantitative estimate of drug-likeness (QED) is 0.495. The average molecular weight is 201 g/mol. The lowest BCUT2D eigenvalue weighted by atomic mass is 10.2. The van der Waals surface area contributed by atoms with E-state index in [9.17, 15) is 9.59 Å². The molecule has 5 heteroatoms. The summed E-state index contributed by atoms with van der Waals surface area (Å²) >= 11 is 0. The lowest BCUT2D eigenvalue weighted by molar-refractivity contribution is -0.122. The van der Waals surface area contributed by atoms with Crippen LogP contribution in [-0.4, -0.2) is 38.5 Å². The Labute approximate surface area is 84.6 Å². The van der Waals surface area contributed by atoms with Gasteiger partial charge in [-0.3, -0.25) is 9.59 Å². The van der Waals surface area contributed by atoms with Crippen molar-refractivity contribution in [2.24, 2.45) is 0 Å². The predicted octanol–water partition coefficient (Wildman–Crippen LogP) is -0.763. The minimum absolute atomic E-state index is 0.0272. The fourth-order valence-electron chi connectivity index (χ4n) is 1.00. The SMILES string of the molecule is CNC(=O)CCCNC(C)C(=O)NC. The van der Waals surface area contributed by atoms with Gasteiger partial charge >= 0.3 is 0 Å². The van der Waals surface area contributed by atoms with Crippen molar-refractivity contribution >= 4 is 11.8 Å². The third-order valence-corrected chi connectivity index (χ3v) is 1.95. The second kappa shape index (κ2) is 7.32. The average Bonchev–Trinajstić information content (AvgIpc) is 2.22. The highest BCUT2D eigenvalue weighted by molar-refractivity contribution is 5.80. The Balaban J connectivity index is 3.45. The molecule has 0 spiro atoms. The fraction of sp³-hybridized carbons (Fsp3) is 0.778. The van der Waals surface area contributed by atoms with Gasteiger partial charge in [-0.05, 0) is 19.9 Å². The number of hydrogen-bond donors (Lipinski definition) is 3. The van der Waals surface area contributed by atoms with E-state index in [-0.39, 0.29) is 17.9 Å². The third-order valence-electron chi connectivity index (χ3n) is 1.95. The first-order chi connectivity index (χ1) is 6.61. The molecule has 5 nitrogen and oxygen atoms in total. The van der Waals surface area contributed by atoms with Gasteiger partial charge in [-0.25, -0.2) is 0 Å². The van der Waals surface area contributed by atoms with E-state index < -0.39 is 0 Å². The van der Waals surface area contributed by atoms with Gasteiger partial charge in [0.15, 0.2) is 0 Å². The number of likely N-dealkylation sites (N-methyl/N-ethyl adjacent to an activating group) is 1. The van der Waals surface area contributed by atoms with Crippen molar-refractivity contribution in [2.45, 2.75) is 25.8 Å². The van der Waals surface area contributed by atoms with Crippen LogP contribution in [0.5, 0.6) is 0 Å². The lowest BCUT2D eigenvalue weighted by Gasteiger charge is -2.11. The molecule has 0 aromatic heterocycles. The van der Waals surface area contributed by atoms with Crippen molar-refractivity contribution in [1.29, 1.82) is 0 Å². The van der Waals surface area contributed by atoms with Crippen molar-refractivity contribution < 1.29 is 9.59 Å². The van der Waals surface area contributed by atoms with Gasteiger partial charge in [-0.1, -0.05) is 0 Å². The molecule has 82 valence electrons. The van der Waals surface area contributed by atoms with Gasteiger partial charge in [0.2, 0.25) is 11.8 Å². The zero-order valence-corrected chi connectivity index (χ0v) is 9.02. The van der Waals surface area contributed by atoms with Gasteiger partial charge < -0.3 is 16.0 Å². The highest BCUT2D eigenvalue weighted by Crippen LogP contribution is 1.88. The molecule has 2 amide bonds. The predicted molar refractivity (Wildman–Crippen MR) is 54.8 cm³/mol. The number of carbonyl (C=O) groups excluding carboxylic acids is 2. The minimum atomic E-state index is -0.204. The molecular formula is C9H19N3O2. The van der Waals surface area contributed by atoms with Gasteiger partial charge in [-0.15, -0.1) is 0 Å². The van der Waals surface area contributed by atoms with E-state index >= 15 is 0 Å². The Morgan fingerprint density at radius 2 is 1.86 bits per heavy atom. The minimum Gasteiger partial charge on any atom is -0.359 e. The fourth-order valence-corrected chi connectivity index (χ4v) is 1.00. The molecule has 0 saturated carbocycles. The smallest absolute Gasteiger partial charge is 0.236 e. The Morgan fingerprint density at radius 3 is 2.36 bits per heavy atom. The summed E-state index contributed by atoms with van der Waals surface area (Å²) < 4.78 is 0. The summed E-state index contributed by atoms with van der Waals surface area (Å²) in [5.41, 5.74) is 0. The molecule has 0 aliphatic heterocycles. The number of hydrogen-bond acceptors (Lipinski definition) is 3. The maximum absolute atomic E-state index is 11.0. The van der Waals surface area contributed by atoms with E-state index in [0.717, 1.165) is 6.42 Å². The summed E-state index contributed by atoms with van der Waals surface area (Å²) in [5, 5.41) is 8.11. The van der Waals surface area contributed by atoms with Crippen LogP contribution >= 0.6 is 0 Å². The standard InChI is InChI=1S/C9H19N3O2/c1-7(9(14)11-3)12-6-4-5-8(13)10-2/h7,12H,4-6H2,1-3H3,(H,10,13)(H,11,14). The summed E-state index contributed by atoms with van der Waals surface area (Å²) in [5.74, 6) is -0.00987. The molecular weight excluding hydrogens is 182 g/mol. The van der Waals surface area contributed by atoms with Crippen LogP contribution in [0.4, 0.5) is 0 Å². The van der Waals surface area contributed by atoms with Gasteiger partial charge in [0, 0.05) is 20.5 Å². The summed E-state index contributed by atoms with van der Waals surface area (Å²) in [7, 11) is 3.22. The van der Waals surface area contributed by atoms with Gasteiger partial charge in [0.05, 0.1) is 6.04 Å². The Hall–Kier alpha value is -1.10. The molecule has 0 radical (unpaired) electrons. The first kappa shape index (κ1) is 12.9. The summed E-state index contributed by atoms with van der Waals surface area (Å²) in [6.07, 6.45) is 1.23. The van der Waals surface area contributed by atoms with E-state index in [2.05, 4.69) is 16.0 Å². The zero-order chi connectivity index (χ0) is 11.0. The van der Waals surface area contributed by atoms with Crippen LogP contribution in [-0.2, 0) is 9.59 Å². The van der Waals surface area contributed by atoms with Crippen LogP contribution in [0, 0.1) is 0 Å². The molecule has 1 unspecified atom stereocenters. The summed E-state index contributed by atoms with van der Waals surface area (Å²) in [6, 6.07) is -0.204. The van der Waals surface area contributed by atoms with E-state index in [1.54, 1.807) is 21.0 Å². The molecule has 0 aliphatic rings. The highest BCUT2D eigenvalue weighted by Gasteiger charge is 2.08. The van der Waals surface area contributed by atoms with E-state index in [4.69, 9.17) is 0 Å². The molecule has 0 heterocycles. The topological polar surface area (TPSA) is 70.2 Å². The van der Waals surface area contributed by atoms with Crippen LogP contribution in [0.25, 0.3) is 0 Å². The second-order valence-electron chi connectivity index (χ2n) is 3.07. The number of nitrogens with one attached hydrogen (secondary N) is 3. The molecule has 0 aromatic carbocycles. The molecule has 0 aromatic rings. The van der Waals surface area contributed by atoms with Gasteiger partial charge in [0.1, 0.15) is 0 Å². The van der Waals surface area contributed by atoms with E-state index in [1.807, 2.05) is 0 Å². The molecule has 0 rings (SSSR count). The van der Waals surface area contributed by atoms with E-state index in [0.29, 0.717) is 13.0 Å². The van der Waals surface area contributed by atoms with E-state index in [1.165, 1.54) is 0 Å². The molecule has 0 bridgehead atoms. The number of amides is 2. The molecule has 3 N–H and O–H groups in total. The van der Waals surface area contributed by atoms with Crippen molar-refractivity contribution in [1.82, 2.24) is 16.0 Å². The Kier molecular flexibility index (Phi) is 6.74. The first-order valence-electron chi connectivity index (χ1n) is 4.77. The van der Waals surface area contributed by atoms with Crippen LogP contribution in [0.1, 0.15) is 19.8 Å². The molecule has 0 aliphatic carbocycles. The lowest BCUT2D eigenvalue weighted by Crippen LogP contribution is -2.41. The van der Waals surface area contributed by atoms with Crippen LogP contribution in [0.3, 0.4) is 0 Å². The first-order valence-corrected chi connectivity index (χ1v) is 4.77. The van der Waals surface area contributed by atoms with Crippen molar-refractivity contribution in [2.75, 3.05) is 20.6 Å². The Bertz CT molecular complexity index is 194. The van der Waals surface area contributed by atoms with Gasteiger partial charge in [0.25, 0.3) is 0 Å². The van der Waals surface area contributed by atoms with Crippen molar-refractivity contribution in [3.05, 3.63) is 0 Å². The maximum Gasteiger partial charge on any atom is 0.236 e. The summed E-state index contributed by atoms with van der Waals surface area (Å²) in [4.78, 5) is 21.9. The normalized spacial score (nSPS) is 11.9. The van der Waals surface area contributed by atoms with Gasteiger partial charge in [-0.2, -0.15) is 0 Å². The highest BCUT2D eigenvalue weighted by atomic mass is 16.2. The number of rotatable bonds is 6. The monoisotopic (exact) mass is 201 g/mol. The van der Waals surface area contributed by atoms with Crippen molar-refractivity contribution in [3.8, 4) is 0 Å². The largest absolute Gasteiger partial charge is 0.359 e. The Morgan fingerprint density at radius 1 is 1.21 bits per heavy atom.